The molecule has 10 nitrogen and oxygen atoms in total. The number of carbonyl (C=O) groups excluding carboxylic acids is 3. The van der Waals surface area contributed by atoms with Crippen LogP contribution in [-0.2, 0) is 16.1 Å². The third-order valence-corrected chi connectivity index (χ3v) is 5.55. The predicted octanol–water partition coefficient (Wildman–Crippen LogP) is 3.69. The molecule has 0 radical (unpaired) electrons. The minimum absolute atomic E-state index is 0.00184. The Morgan fingerprint density at radius 3 is 2.14 bits per heavy atom. The predicted molar refractivity (Wildman–Crippen MR) is 133 cm³/mol. The average molecular weight is 501 g/mol. The molecule has 0 aliphatic heterocycles. The van der Waals surface area contributed by atoms with Gasteiger partial charge in [0.05, 0.1) is 43.3 Å². The van der Waals surface area contributed by atoms with Crippen LogP contribution in [-0.4, -0.2) is 42.2 Å². The number of benzene rings is 2. The number of pyridine rings is 1. The summed E-state index contributed by atoms with van der Waals surface area (Å²) < 4.78 is 15.5. The topological polar surface area (TPSA) is 140 Å². The monoisotopic (exact) mass is 501 g/mol. The summed E-state index contributed by atoms with van der Waals surface area (Å²) in [6, 6.07) is 14.0. The molecule has 0 aliphatic rings. The third kappa shape index (κ3) is 5.39. The van der Waals surface area contributed by atoms with E-state index in [0.29, 0.717) is 44.7 Å². The first-order chi connectivity index (χ1) is 17.8. The Labute approximate surface area is 211 Å². The summed E-state index contributed by atoms with van der Waals surface area (Å²) in [5, 5.41) is 13.1. The van der Waals surface area contributed by atoms with Gasteiger partial charge in [-0.15, -0.1) is 0 Å². The number of esters is 2. The molecule has 0 fully saturated rings. The highest BCUT2D eigenvalue weighted by Crippen LogP contribution is 2.22. The molecule has 37 heavy (non-hydrogen) atoms. The Balaban J connectivity index is 1.81. The number of aliphatic hydroxyl groups is 1. The molecule has 2 N–H and O–H groups in total. The second-order valence-corrected chi connectivity index (χ2v) is 7.91. The lowest BCUT2D eigenvalue weighted by atomic mass is 10.1. The summed E-state index contributed by atoms with van der Waals surface area (Å²) in [6.07, 6.45) is 1.52. The van der Waals surface area contributed by atoms with Crippen LogP contribution in [0.4, 0.5) is 11.4 Å². The maximum Gasteiger partial charge on any atom is 0.337 e. The van der Waals surface area contributed by atoms with Gasteiger partial charge in [0.25, 0.3) is 5.91 Å². The minimum atomic E-state index is -0.528. The van der Waals surface area contributed by atoms with Crippen LogP contribution in [0.15, 0.2) is 70.2 Å². The van der Waals surface area contributed by atoms with Crippen LogP contribution in [0, 0.1) is 6.92 Å². The number of carbonyl (C=O) groups is 3. The number of fused-ring (bicyclic) bond motifs is 1. The zero-order valence-corrected chi connectivity index (χ0v) is 20.3. The molecule has 0 atom stereocenters. The summed E-state index contributed by atoms with van der Waals surface area (Å²) in [6.45, 7) is 1.44. The Bertz CT molecular complexity index is 1560. The van der Waals surface area contributed by atoms with E-state index < -0.39 is 17.8 Å². The largest absolute Gasteiger partial charge is 0.465 e. The van der Waals surface area contributed by atoms with Gasteiger partial charge in [-0.25, -0.2) is 14.6 Å². The fourth-order valence-corrected chi connectivity index (χ4v) is 3.57. The maximum absolute atomic E-state index is 13.3. The lowest BCUT2D eigenvalue weighted by Crippen LogP contribution is -2.22. The number of amides is 1. The van der Waals surface area contributed by atoms with Crippen molar-refractivity contribution in [1.82, 2.24) is 4.98 Å². The average Bonchev–Trinajstić information content (AvgIpc) is 2.93. The number of aromatic nitrogens is 1. The summed E-state index contributed by atoms with van der Waals surface area (Å²) in [5.41, 5.74) is 3.04. The molecule has 0 spiro atoms. The number of nitrogens with zero attached hydrogens (tertiary/aromatic N) is 2. The Morgan fingerprint density at radius 1 is 0.973 bits per heavy atom. The van der Waals surface area contributed by atoms with Crippen molar-refractivity contribution in [3.05, 3.63) is 94.3 Å². The van der Waals surface area contributed by atoms with Crippen LogP contribution >= 0.6 is 0 Å². The van der Waals surface area contributed by atoms with Crippen LogP contribution in [0.2, 0.25) is 0 Å². The molecule has 2 aromatic carbocycles. The molecular weight excluding hydrogens is 478 g/mol. The van der Waals surface area contributed by atoms with Crippen molar-refractivity contribution >= 4 is 40.2 Å². The first-order valence-corrected chi connectivity index (χ1v) is 11.1. The Hall–Kier alpha value is -4.83. The first-order valence-electron chi connectivity index (χ1n) is 11.1. The molecule has 0 saturated carbocycles. The van der Waals surface area contributed by atoms with E-state index in [0.717, 1.165) is 0 Å². The van der Waals surface area contributed by atoms with E-state index in [1.54, 1.807) is 49.4 Å². The van der Waals surface area contributed by atoms with Crippen molar-refractivity contribution in [3.8, 4) is 0 Å². The van der Waals surface area contributed by atoms with Crippen molar-refractivity contribution in [2.45, 2.75) is 13.5 Å². The van der Waals surface area contributed by atoms with Gasteiger partial charge in [0.1, 0.15) is 5.56 Å². The molecule has 1 amide bonds. The van der Waals surface area contributed by atoms with Crippen molar-refractivity contribution in [3.63, 3.8) is 0 Å². The van der Waals surface area contributed by atoms with Gasteiger partial charge >= 0.3 is 11.9 Å². The number of rotatable bonds is 6. The summed E-state index contributed by atoms with van der Waals surface area (Å²) in [5.74, 6) is -1.51. The van der Waals surface area contributed by atoms with Gasteiger partial charge < -0.3 is 24.3 Å². The highest BCUT2D eigenvalue weighted by Gasteiger charge is 2.17. The number of aliphatic hydroxyl groups excluding tert-OH is 1. The zero-order chi connectivity index (χ0) is 26.5. The van der Waals surface area contributed by atoms with Crippen LogP contribution in [0.1, 0.15) is 42.3 Å². The fraction of sp³-hybridized carbons (Fsp3) is 0.148. The first kappa shape index (κ1) is 25.3. The van der Waals surface area contributed by atoms with Crippen molar-refractivity contribution < 1.29 is 33.4 Å². The standard InChI is InChI=1S/C27H23N3O7/c1-15-23-21(18(14-31)13-28-15)12-22(24(32)29-19-8-4-16(5-9-19)26(33)35-2)25(37-23)30-20-10-6-17(7-11-20)27(34)36-3/h4-13,31H,14H2,1-3H3,(H,29,32). The minimum Gasteiger partial charge on any atom is -0.465 e. The summed E-state index contributed by atoms with van der Waals surface area (Å²) >= 11 is 0. The van der Waals surface area contributed by atoms with Crippen molar-refractivity contribution in [1.29, 1.82) is 0 Å². The number of nitrogens with one attached hydrogen (secondary N) is 1. The summed E-state index contributed by atoms with van der Waals surface area (Å²) in [4.78, 5) is 45.5. The Kier molecular flexibility index (Phi) is 7.40. The Morgan fingerprint density at radius 2 is 1.57 bits per heavy atom. The number of methoxy groups -OCH3 is 2. The lowest BCUT2D eigenvalue weighted by Gasteiger charge is -2.10. The van der Waals surface area contributed by atoms with E-state index in [1.165, 1.54) is 32.5 Å². The van der Waals surface area contributed by atoms with Crippen LogP contribution in [0.25, 0.3) is 11.0 Å². The molecule has 188 valence electrons. The van der Waals surface area contributed by atoms with Gasteiger partial charge in [0, 0.05) is 22.8 Å². The molecular formula is C27H23N3O7. The van der Waals surface area contributed by atoms with Gasteiger partial charge in [0.2, 0.25) is 5.55 Å². The second kappa shape index (κ2) is 10.8. The molecule has 0 saturated heterocycles. The van der Waals surface area contributed by atoms with E-state index in [4.69, 9.17) is 13.9 Å². The normalized spacial score (nSPS) is 11.3. The summed E-state index contributed by atoms with van der Waals surface area (Å²) in [7, 11) is 2.58. The molecule has 4 aromatic rings. The van der Waals surface area contributed by atoms with E-state index in [2.05, 4.69) is 15.3 Å². The van der Waals surface area contributed by atoms with E-state index in [1.807, 2.05) is 0 Å². The molecule has 0 unspecified atom stereocenters. The molecule has 2 heterocycles. The molecule has 0 bridgehead atoms. The second-order valence-electron chi connectivity index (χ2n) is 7.91. The number of hydrogen-bond acceptors (Lipinski definition) is 9. The molecule has 10 heteroatoms. The molecule has 2 aromatic heterocycles. The molecule has 4 rings (SSSR count). The maximum atomic E-state index is 13.3. The van der Waals surface area contributed by atoms with Crippen LogP contribution in [0.5, 0.6) is 0 Å². The highest BCUT2D eigenvalue weighted by atomic mass is 16.5. The van der Waals surface area contributed by atoms with Crippen LogP contribution in [0.3, 0.4) is 0 Å². The quantitative estimate of drug-likeness (QED) is 0.381. The molecule has 0 aliphatic carbocycles. The van der Waals surface area contributed by atoms with Gasteiger partial charge in [-0.2, -0.15) is 0 Å². The number of ether oxygens (including phenoxy) is 2. The van der Waals surface area contributed by atoms with Crippen molar-refractivity contribution in [2.75, 3.05) is 19.5 Å². The smallest absolute Gasteiger partial charge is 0.337 e. The zero-order valence-electron chi connectivity index (χ0n) is 20.3. The van der Waals surface area contributed by atoms with Gasteiger partial charge in [0.15, 0.2) is 5.58 Å². The van der Waals surface area contributed by atoms with E-state index >= 15 is 0 Å². The number of hydrogen-bond donors (Lipinski definition) is 2. The van der Waals surface area contributed by atoms with Gasteiger partial charge in [-0.05, 0) is 61.5 Å². The van der Waals surface area contributed by atoms with Gasteiger partial charge in [-0.1, -0.05) is 0 Å². The van der Waals surface area contributed by atoms with Gasteiger partial charge in [-0.3, -0.25) is 9.78 Å². The lowest BCUT2D eigenvalue weighted by molar-refractivity contribution is 0.0592. The van der Waals surface area contributed by atoms with E-state index in [9.17, 15) is 19.5 Å². The third-order valence-electron chi connectivity index (χ3n) is 5.55. The van der Waals surface area contributed by atoms with Crippen LogP contribution < -0.4 is 10.9 Å². The van der Waals surface area contributed by atoms with Crippen molar-refractivity contribution in [2.24, 2.45) is 4.99 Å². The number of anilines is 1. The highest BCUT2D eigenvalue weighted by molar-refractivity contribution is 6.06. The number of aryl methyl sites for hydroxylation is 1. The van der Waals surface area contributed by atoms with E-state index in [-0.39, 0.29) is 17.7 Å². The fourth-order valence-electron chi connectivity index (χ4n) is 3.57. The SMILES string of the molecule is COC(=O)c1ccc(N=c2oc3c(C)ncc(CO)c3cc2C(=O)Nc2ccc(C(=O)OC)cc2)cc1.